The highest BCUT2D eigenvalue weighted by Crippen LogP contribution is 2.51. The molecule has 0 aliphatic heterocycles. The maximum absolute atomic E-state index is 10.6. The van der Waals surface area contributed by atoms with Crippen LogP contribution in [0.15, 0.2) is 0 Å². The zero-order valence-electron chi connectivity index (χ0n) is 9.79. The van der Waals surface area contributed by atoms with E-state index in [-0.39, 0.29) is 5.41 Å². The van der Waals surface area contributed by atoms with Crippen LogP contribution in [0.4, 0.5) is 0 Å². The molecule has 0 atom stereocenters. The van der Waals surface area contributed by atoms with Crippen LogP contribution in [0.25, 0.3) is 0 Å². The SMILES string of the molecule is CC(C)CCCSCC1(CC(=O)O)CC1. The van der Waals surface area contributed by atoms with Gasteiger partial charge in [-0.2, -0.15) is 11.8 Å². The van der Waals surface area contributed by atoms with E-state index in [1.807, 2.05) is 11.8 Å². The Labute approximate surface area is 96.8 Å². The molecule has 15 heavy (non-hydrogen) atoms. The van der Waals surface area contributed by atoms with Gasteiger partial charge in [-0.25, -0.2) is 0 Å². The van der Waals surface area contributed by atoms with E-state index in [1.54, 1.807) is 0 Å². The van der Waals surface area contributed by atoms with Crippen molar-refractivity contribution < 1.29 is 9.90 Å². The van der Waals surface area contributed by atoms with E-state index >= 15 is 0 Å². The van der Waals surface area contributed by atoms with Crippen molar-refractivity contribution in [2.75, 3.05) is 11.5 Å². The third kappa shape index (κ3) is 5.45. The number of aliphatic carboxylic acids is 1. The van der Waals surface area contributed by atoms with Gasteiger partial charge in [-0.15, -0.1) is 0 Å². The van der Waals surface area contributed by atoms with E-state index in [0.29, 0.717) is 6.42 Å². The summed E-state index contributed by atoms with van der Waals surface area (Å²) < 4.78 is 0. The van der Waals surface area contributed by atoms with Gasteiger partial charge in [0.2, 0.25) is 0 Å². The first-order chi connectivity index (χ1) is 7.04. The first-order valence-corrected chi connectivity index (χ1v) is 6.99. The molecule has 0 heterocycles. The van der Waals surface area contributed by atoms with Crippen molar-refractivity contribution in [3.8, 4) is 0 Å². The van der Waals surface area contributed by atoms with Crippen LogP contribution in [0, 0.1) is 11.3 Å². The quantitative estimate of drug-likeness (QED) is 0.649. The first kappa shape index (κ1) is 12.9. The van der Waals surface area contributed by atoms with Crippen LogP contribution in [0.5, 0.6) is 0 Å². The Morgan fingerprint density at radius 3 is 2.60 bits per heavy atom. The predicted octanol–water partition coefficient (Wildman–Crippen LogP) is 3.41. The third-order valence-electron chi connectivity index (χ3n) is 2.96. The lowest BCUT2D eigenvalue weighted by Crippen LogP contribution is -2.11. The fraction of sp³-hybridized carbons (Fsp3) is 0.917. The number of thioether (sulfide) groups is 1. The summed E-state index contributed by atoms with van der Waals surface area (Å²) >= 11 is 1.94. The average Bonchev–Trinajstić information content (AvgIpc) is 2.83. The van der Waals surface area contributed by atoms with Gasteiger partial charge in [0.25, 0.3) is 0 Å². The average molecular weight is 230 g/mol. The maximum atomic E-state index is 10.6. The molecule has 2 nitrogen and oxygen atoms in total. The number of hydrogen-bond donors (Lipinski definition) is 1. The van der Waals surface area contributed by atoms with Gasteiger partial charge >= 0.3 is 5.97 Å². The molecule has 1 aliphatic rings. The molecule has 1 aliphatic carbocycles. The molecule has 0 unspecified atom stereocenters. The Morgan fingerprint density at radius 1 is 1.47 bits per heavy atom. The second-order valence-corrected chi connectivity index (χ2v) is 6.26. The second kappa shape index (κ2) is 5.78. The molecule has 0 radical (unpaired) electrons. The summed E-state index contributed by atoms with van der Waals surface area (Å²) in [5, 5.41) is 8.76. The molecular formula is C12H22O2S. The molecule has 1 fully saturated rings. The van der Waals surface area contributed by atoms with Gasteiger partial charge in [-0.05, 0) is 42.1 Å². The van der Waals surface area contributed by atoms with Crippen LogP contribution in [-0.4, -0.2) is 22.6 Å². The summed E-state index contributed by atoms with van der Waals surface area (Å²) in [6, 6.07) is 0. The van der Waals surface area contributed by atoms with Crippen molar-refractivity contribution in [2.45, 2.75) is 46.0 Å². The molecule has 1 rings (SSSR count). The molecule has 0 aromatic rings. The smallest absolute Gasteiger partial charge is 0.303 e. The topological polar surface area (TPSA) is 37.3 Å². The zero-order chi connectivity index (χ0) is 11.3. The van der Waals surface area contributed by atoms with E-state index < -0.39 is 5.97 Å². The third-order valence-corrected chi connectivity index (χ3v) is 4.36. The van der Waals surface area contributed by atoms with Crippen LogP contribution < -0.4 is 0 Å². The molecule has 0 aromatic carbocycles. The summed E-state index contributed by atoms with van der Waals surface area (Å²) in [5.41, 5.74) is 0.175. The lowest BCUT2D eigenvalue weighted by atomic mass is 10.1. The minimum absolute atomic E-state index is 0.175. The lowest BCUT2D eigenvalue weighted by molar-refractivity contribution is -0.138. The highest BCUT2D eigenvalue weighted by molar-refractivity contribution is 7.99. The van der Waals surface area contributed by atoms with Crippen molar-refractivity contribution in [2.24, 2.45) is 11.3 Å². The highest BCUT2D eigenvalue weighted by Gasteiger charge is 2.43. The van der Waals surface area contributed by atoms with Crippen LogP contribution in [0.2, 0.25) is 0 Å². The summed E-state index contributed by atoms with van der Waals surface area (Å²) in [6.45, 7) is 4.49. The van der Waals surface area contributed by atoms with Crippen molar-refractivity contribution in [1.29, 1.82) is 0 Å². The van der Waals surface area contributed by atoms with Gasteiger partial charge < -0.3 is 5.11 Å². The molecule has 88 valence electrons. The summed E-state index contributed by atoms with van der Waals surface area (Å²) in [4.78, 5) is 10.6. The Bertz CT molecular complexity index is 210. The molecule has 0 bridgehead atoms. The molecule has 0 amide bonds. The molecular weight excluding hydrogens is 208 g/mol. The molecule has 0 aromatic heterocycles. The Morgan fingerprint density at radius 2 is 2.13 bits per heavy atom. The Hall–Kier alpha value is -0.180. The van der Waals surface area contributed by atoms with Gasteiger partial charge in [0, 0.05) is 0 Å². The molecule has 1 saturated carbocycles. The van der Waals surface area contributed by atoms with Crippen LogP contribution >= 0.6 is 11.8 Å². The number of hydrogen-bond acceptors (Lipinski definition) is 2. The minimum Gasteiger partial charge on any atom is -0.481 e. The van der Waals surface area contributed by atoms with E-state index in [2.05, 4.69) is 13.8 Å². The summed E-state index contributed by atoms with van der Waals surface area (Å²) in [6.07, 6.45) is 5.18. The Kier molecular flexibility index (Phi) is 4.97. The number of carboxylic acid groups (broad SMARTS) is 1. The number of carboxylic acids is 1. The Balaban J connectivity index is 2.02. The van der Waals surface area contributed by atoms with Gasteiger partial charge in [-0.3, -0.25) is 4.79 Å². The van der Waals surface area contributed by atoms with Crippen molar-refractivity contribution in [1.82, 2.24) is 0 Å². The van der Waals surface area contributed by atoms with Crippen molar-refractivity contribution in [3.63, 3.8) is 0 Å². The molecule has 1 N–H and O–H groups in total. The normalized spacial score (nSPS) is 18.1. The summed E-state index contributed by atoms with van der Waals surface area (Å²) in [7, 11) is 0. The van der Waals surface area contributed by atoms with E-state index in [9.17, 15) is 4.79 Å². The van der Waals surface area contributed by atoms with Gasteiger partial charge in [0.05, 0.1) is 6.42 Å². The monoisotopic (exact) mass is 230 g/mol. The fourth-order valence-electron chi connectivity index (χ4n) is 1.75. The van der Waals surface area contributed by atoms with E-state index in [4.69, 9.17) is 5.11 Å². The van der Waals surface area contributed by atoms with E-state index in [0.717, 1.165) is 24.5 Å². The standard InChI is InChI=1S/C12H22O2S/c1-10(2)4-3-7-15-9-12(5-6-12)8-11(13)14/h10H,3-9H2,1-2H3,(H,13,14). The van der Waals surface area contributed by atoms with Crippen LogP contribution in [0.1, 0.15) is 46.0 Å². The highest BCUT2D eigenvalue weighted by atomic mass is 32.2. The maximum Gasteiger partial charge on any atom is 0.303 e. The van der Waals surface area contributed by atoms with Gasteiger partial charge in [-0.1, -0.05) is 20.3 Å². The fourth-order valence-corrected chi connectivity index (χ4v) is 3.09. The molecule has 0 saturated heterocycles. The second-order valence-electron chi connectivity index (χ2n) is 5.16. The number of rotatable bonds is 8. The zero-order valence-corrected chi connectivity index (χ0v) is 10.6. The molecule has 0 spiro atoms. The van der Waals surface area contributed by atoms with E-state index in [1.165, 1.54) is 18.6 Å². The van der Waals surface area contributed by atoms with Gasteiger partial charge in [0.1, 0.15) is 0 Å². The predicted molar refractivity (Wildman–Crippen MR) is 65.3 cm³/mol. The first-order valence-electron chi connectivity index (χ1n) is 5.84. The van der Waals surface area contributed by atoms with Crippen LogP contribution in [-0.2, 0) is 4.79 Å². The number of carbonyl (C=O) groups is 1. The van der Waals surface area contributed by atoms with Crippen molar-refractivity contribution >= 4 is 17.7 Å². The van der Waals surface area contributed by atoms with Gasteiger partial charge in [0.15, 0.2) is 0 Å². The summed E-state index contributed by atoms with van der Waals surface area (Å²) in [5.74, 6) is 2.41. The van der Waals surface area contributed by atoms with Crippen molar-refractivity contribution in [3.05, 3.63) is 0 Å². The minimum atomic E-state index is -0.629. The van der Waals surface area contributed by atoms with Crippen LogP contribution in [0.3, 0.4) is 0 Å². The largest absolute Gasteiger partial charge is 0.481 e. The molecule has 3 heteroatoms. The lowest BCUT2D eigenvalue weighted by Gasteiger charge is -2.11.